The highest BCUT2D eigenvalue weighted by atomic mass is 16.5. The number of hydrogen-bond acceptors (Lipinski definition) is 5. The molecule has 0 radical (unpaired) electrons. The smallest absolute Gasteiger partial charge is 0.334 e. The molecule has 0 aliphatic carbocycles. The molecule has 0 saturated heterocycles. The van der Waals surface area contributed by atoms with Gasteiger partial charge in [0.1, 0.15) is 0 Å². The molecule has 0 aliphatic rings. The van der Waals surface area contributed by atoms with E-state index in [9.17, 15) is 14.4 Å². The molecule has 0 amide bonds. The van der Waals surface area contributed by atoms with Crippen LogP contribution in [0.2, 0.25) is 0 Å². The third-order valence-corrected chi connectivity index (χ3v) is 2.29. The monoisotopic (exact) mass is 270 g/mol. The lowest BCUT2D eigenvalue weighted by molar-refractivity contribution is -0.142. The van der Waals surface area contributed by atoms with E-state index in [1.807, 2.05) is 0 Å². The van der Waals surface area contributed by atoms with Crippen LogP contribution in [0.25, 0.3) is 0 Å². The van der Waals surface area contributed by atoms with Crippen molar-refractivity contribution >= 4 is 17.9 Å². The first-order valence-electron chi connectivity index (χ1n) is 5.68. The molecule has 0 aromatic rings. The van der Waals surface area contributed by atoms with Crippen LogP contribution in [0.4, 0.5) is 0 Å². The molecule has 6 heteroatoms. The second-order valence-electron chi connectivity index (χ2n) is 3.96. The molecule has 0 fully saturated rings. The van der Waals surface area contributed by atoms with Gasteiger partial charge in [-0.05, 0) is 20.8 Å². The molecule has 0 atom stereocenters. The Labute approximate surface area is 111 Å². The summed E-state index contributed by atoms with van der Waals surface area (Å²) in [7, 11) is 0. The van der Waals surface area contributed by atoms with Crippen LogP contribution in [0.1, 0.15) is 27.2 Å². The molecule has 0 unspecified atom stereocenters. The number of rotatable bonds is 7. The van der Waals surface area contributed by atoms with Gasteiger partial charge in [-0.3, -0.25) is 0 Å². The molecule has 0 saturated carbocycles. The van der Waals surface area contributed by atoms with E-state index in [0.29, 0.717) is 12.0 Å². The molecule has 0 aliphatic heterocycles. The number of carbonyl (C=O) groups excluding carboxylic acids is 2. The summed E-state index contributed by atoms with van der Waals surface area (Å²) in [5.41, 5.74) is 0.290. The van der Waals surface area contributed by atoms with E-state index < -0.39 is 17.9 Å². The highest BCUT2D eigenvalue weighted by Gasteiger charge is 2.13. The van der Waals surface area contributed by atoms with E-state index in [0.717, 1.165) is 0 Å². The molecule has 0 bridgehead atoms. The van der Waals surface area contributed by atoms with Crippen LogP contribution in [0.15, 0.2) is 23.3 Å². The second kappa shape index (κ2) is 8.07. The SMILES string of the molecule is C=C(C)C(=O)OCCCOC(=O)C(C)=C(C)C(=O)O. The first-order valence-corrected chi connectivity index (χ1v) is 5.68. The van der Waals surface area contributed by atoms with Crippen LogP contribution in [0, 0.1) is 0 Å². The van der Waals surface area contributed by atoms with Crippen molar-refractivity contribution in [2.75, 3.05) is 13.2 Å². The van der Waals surface area contributed by atoms with Crippen molar-refractivity contribution < 1.29 is 29.0 Å². The van der Waals surface area contributed by atoms with E-state index in [4.69, 9.17) is 14.6 Å². The highest BCUT2D eigenvalue weighted by molar-refractivity contribution is 5.98. The molecule has 19 heavy (non-hydrogen) atoms. The maximum absolute atomic E-state index is 11.4. The van der Waals surface area contributed by atoms with Crippen LogP contribution in [0.3, 0.4) is 0 Å². The average molecular weight is 270 g/mol. The van der Waals surface area contributed by atoms with Crippen LogP contribution in [-0.4, -0.2) is 36.2 Å². The third-order valence-electron chi connectivity index (χ3n) is 2.29. The number of carboxylic acids is 1. The van der Waals surface area contributed by atoms with Crippen LogP contribution in [0.5, 0.6) is 0 Å². The molecule has 0 rings (SSSR count). The van der Waals surface area contributed by atoms with Gasteiger partial charge in [-0.1, -0.05) is 6.58 Å². The normalized spacial score (nSPS) is 11.3. The lowest BCUT2D eigenvalue weighted by Crippen LogP contribution is -2.13. The first kappa shape index (κ1) is 16.9. The molecule has 106 valence electrons. The maximum Gasteiger partial charge on any atom is 0.334 e. The number of aliphatic carboxylic acids is 1. The summed E-state index contributed by atoms with van der Waals surface area (Å²) in [5.74, 6) is -2.35. The zero-order valence-electron chi connectivity index (χ0n) is 11.3. The topological polar surface area (TPSA) is 89.9 Å². The minimum atomic E-state index is -1.16. The standard InChI is InChI=1S/C13H18O6/c1-8(2)12(16)18-6-5-7-19-13(17)10(4)9(3)11(14)15/h1,5-7H2,2-4H3,(H,14,15). The summed E-state index contributed by atoms with van der Waals surface area (Å²) in [5, 5.41) is 8.69. The van der Waals surface area contributed by atoms with Gasteiger partial charge in [0, 0.05) is 23.1 Å². The molecule has 0 aromatic carbocycles. The number of carboxylic acid groups (broad SMARTS) is 1. The lowest BCUT2D eigenvalue weighted by Gasteiger charge is -2.07. The predicted molar refractivity (Wildman–Crippen MR) is 67.4 cm³/mol. The van der Waals surface area contributed by atoms with E-state index in [2.05, 4.69) is 6.58 Å². The van der Waals surface area contributed by atoms with Gasteiger partial charge >= 0.3 is 17.9 Å². The number of hydrogen-bond donors (Lipinski definition) is 1. The molecular formula is C13H18O6. The van der Waals surface area contributed by atoms with Gasteiger partial charge in [-0.2, -0.15) is 0 Å². The fourth-order valence-corrected chi connectivity index (χ4v) is 0.934. The minimum absolute atomic E-state index is 0.0476. The summed E-state index contributed by atoms with van der Waals surface area (Å²) in [6.07, 6.45) is 0.337. The van der Waals surface area contributed by atoms with Gasteiger partial charge < -0.3 is 14.6 Å². The Morgan fingerprint density at radius 2 is 1.42 bits per heavy atom. The van der Waals surface area contributed by atoms with Gasteiger partial charge in [0.2, 0.25) is 0 Å². The molecule has 0 spiro atoms. The van der Waals surface area contributed by atoms with Gasteiger partial charge in [0.25, 0.3) is 0 Å². The average Bonchev–Trinajstić information content (AvgIpc) is 2.35. The van der Waals surface area contributed by atoms with E-state index >= 15 is 0 Å². The summed E-state index contributed by atoms with van der Waals surface area (Å²) in [6.45, 7) is 7.82. The van der Waals surface area contributed by atoms with Crippen LogP contribution < -0.4 is 0 Å². The van der Waals surface area contributed by atoms with Gasteiger partial charge in [-0.15, -0.1) is 0 Å². The Morgan fingerprint density at radius 1 is 0.947 bits per heavy atom. The summed E-state index contributed by atoms with van der Waals surface area (Å²) < 4.78 is 9.64. The maximum atomic E-state index is 11.4. The van der Waals surface area contributed by atoms with Gasteiger partial charge in [-0.25, -0.2) is 14.4 Å². The molecule has 6 nitrogen and oxygen atoms in total. The molecule has 0 heterocycles. The number of carbonyl (C=O) groups is 3. The molecular weight excluding hydrogens is 252 g/mol. The van der Waals surface area contributed by atoms with Crippen molar-refractivity contribution in [2.24, 2.45) is 0 Å². The minimum Gasteiger partial charge on any atom is -0.478 e. The Hall–Kier alpha value is -2.11. The molecule has 0 aromatic heterocycles. The van der Waals surface area contributed by atoms with Crippen molar-refractivity contribution in [1.82, 2.24) is 0 Å². The van der Waals surface area contributed by atoms with Crippen molar-refractivity contribution in [1.29, 1.82) is 0 Å². The van der Waals surface area contributed by atoms with Crippen molar-refractivity contribution in [3.63, 3.8) is 0 Å². The summed E-state index contributed by atoms with van der Waals surface area (Å²) >= 11 is 0. The highest BCUT2D eigenvalue weighted by Crippen LogP contribution is 2.06. The first-order chi connectivity index (χ1) is 8.77. The van der Waals surface area contributed by atoms with Crippen molar-refractivity contribution in [3.8, 4) is 0 Å². The Bertz CT molecular complexity index is 419. The zero-order valence-corrected chi connectivity index (χ0v) is 11.3. The van der Waals surface area contributed by atoms with Crippen molar-refractivity contribution in [2.45, 2.75) is 27.2 Å². The van der Waals surface area contributed by atoms with E-state index in [1.165, 1.54) is 20.8 Å². The Balaban J connectivity index is 4.00. The predicted octanol–water partition coefficient (Wildman–Crippen LogP) is 1.46. The van der Waals surface area contributed by atoms with Gasteiger partial charge in [0.05, 0.1) is 13.2 Å². The largest absolute Gasteiger partial charge is 0.478 e. The van der Waals surface area contributed by atoms with Crippen LogP contribution in [-0.2, 0) is 23.9 Å². The number of ether oxygens (including phenoxy) is 2. The molecule has 1 N–H and O–H groups in total. The van der Waals surface area contributed by atoms with Gasteiger partial charge in [0.15, 0.2) is 0 Å². The summed E-state index contributed by atoms with van der Waals surface area (Å²) in [4.78, 5) is 33.1. The fraction of sp³-hybridized carbons (Fsp3) is 0.462. The lowest BCUT2D eigenvalue weighted by atomic mass is 10.1. The van der Waals surface area contributed by atoms with Crippen molar-refractivity contribution in [3.05, 3.63) is 23.3 Å². The fourth-order valence-electron chi connectivity index (χ4n) is 0.934. The Morgan fingerprint density at radius 3 is 1.84 bits per heavy atom. The van der Waals surface area contributed by atoms with Crippen LogP contribution >= 0.6 is 0 Å². The van der Waals surface area contributed by atoms with E-state index in [1.54, 1.807) is 0 Å². The second-order valence-corrected chi connectivity index (χ2v) is 3.96. The van der Waals surface area contributed by atoms with E-state index in [-0.39, 0.29) is 24.4 Å². The quantitative estimate of drug-likeness (QED) is 0.428. The Kier molecular flexibility index (Phi) is 7.18. The number of esters is 2. The zero-order chi connectivity index (χ0) is 15.0. The third kappa shape index (κ3) is 6.40. The summed E-state index contributed by atoms with van der Waals surface area (Å²) in [6, 6.07) is 0.